The van der Waals surface area contributed by atoms with Gasteiger partial charge in [0, 0.05) is 5.70 Å². The number of nitrogens with one attached hydrogen (secondary N) is 3. The molecule has 3 amide bonds. The fourth-order valence-electron chi connectivity index (χ4n) is 4.39. The van der Waals surface area contributed by atoms with Crippen LogP contribution in [0.15, 0.2) is 77.0 Å². The number of hydrogen-bond donors (Lipinski definition) is 3. The smallest absolute Gasteiger partial charge is 0.338 e. The number of hydrazone groups is 1. The van der Waals surface area contributed by atoms with Crippen molar-refractivity contribution >= 4 is 24.1 Å². The molecule has 12 nitrogen and oxygen atoms in total. The summed E-state index contributed by atoms with van der Waals surface area (Å²) in [6.45, 7) is 3.34. The van der Waals surface area contributed by atoms with Crippen LogP contribution in [0.4, 0.5) is 9.18 Å². The third kappa shape index (κ3) is 8.50. The number of hydrogen-bond acceptors (Lipinski definition) is 9. The molecule has 0 saturated heterocycles. The molecule has 236 valence electrons. The molecular weight excluding hydrogens is 587 g/mol. The number of amides is 3. The minimum absolute atomic E-state index is 0.175. The van der Waals surface area contributed by atoms with Crippen molar-refractivity contribution in [1.29, 1.82) is 0 Å². The van der Waals surface area contributed by atoms with E-state index in [0.717, 1.165) is 5.56 Å². The molecule has 0 saturated carbocycles. The lowest BCUT2D eigenvalue weighted by Crippen LogP contribution is -2.45. The third-order valence-electron chi connectivity index (χ3n) is 6.54. The van der Waals surface area contributed by atoms with Crippen molar-refractivity contribution in [2.45, 2.75) is 26.5 Å². The second-order valence-corrected chi connectivity index (χ2v) is 9.61. The van der Waals surface area contributed by atoms with E-state index in [2.05, 4.69) is 21.2 Å². The van der Waals surface area contributed by atoms with Crippen LogP contribution in [0, 0.1) is 5.82 Å². The number of esters is 1. The van der Waals surface area contributed by atoms with Crippen molar-refractivity contribution in [3.63, 3.8) is 0 Å². The molecule has 0 aromatic heterocycles. The summed E-state index contributed by atoms with van der Waals surface area (Å²) < 4.78 is 40.6. The normalized spacial score (nSPS) is 14.3. The topological polar surface area (TPSA) is 146 Å². The first-order valence-corrected chi connectivity index (χ1v) is 13.9. The number of nitrogens with zero attached hydrogens (tertiary/aromatic N) is 1. The predicted octanol–water partition coefficient (Wildman–Crippen LogP) is 4.14. The van der Waals surface area contributed by atoms with Crippen LogP contribution in [-0.4, -0.2) is 51.6 Å². The predicted molar refractivity (Wildman–Crippen MR) is 162 cm³/mol. The highest BCUT2D eigenvalue weighted by Gasteiger charge is 2.32. The van der Waals surface area contributed by atoms with E-state index in [1.165, 1.54) is 32.6 Å². The van der Waals surface area contributed by atoms with Gasteiger partial charge in [0.25, 0.3) is 5.91 Å². The van der Waals surface area contributed by atoms with Crippen LogP contribution in [0.5, 0.6) is 23.0 Å². The van der Waals surface area contributed by atoms with E-state index >= 15 is 0 Å². The molecule has 1 aliphatic heterocycles. The van der Waals surface area contributed by atoms with Crippen molar-refractivity contribution in [2.75, 3.05) is 27.4 Å². The van der Waals surface area contributed by atoms with E-state index in [4.69, 9.17) is 23.7 Å². The number of urea groups is 1. The Bertz CT molecular complexity index is 1610. The number of carbonyl (C=O) groups excluding carboxylic acids is 3. The van der Waals surface area contributed by atoms with Crippen LogP contribution in [0.25, 0.3) is 0 Å². The van der Waals surface area contributed by atoms with E-state index in [-0.39, 0.29) is 42.7 Å². The number of methoxy groups -OCH3 is 2. The second kappa shape index (κ2) is 15.2. The summed E-state index contributed by atoms with van der Waals surface area (Å²) in [6, 6.07) is 14.7. The lowest BCUT2D eigenvalue weighted by atomic mass is 9.95. The zero-order chi connectivity index (χ0) is 32.3. The Morgan fingerprint density at radius 2 is 1.64 bits per heavy atom. The maximum atomic E-state index is 13.1. The Labute approximate surface area is 259 Å². The van der Waals surface area contributed by atoms with Crippen LogP contribution in [0.2, 0.25) is 0 Å². The molecule has 0 spiro atoms. The molecule has 3 aromatic rings. The Morgan fingerprint density at radius 3 is 2.36 bits per heavy atom. The van der Waals surface area contributed by atoms with Gasteiger partial charge in [-0.2, -0.15) is 5.10 Å². The molecular formula is C32H33FN4O8. The molecule has 4 rings (SSSR count). The Kier molecular flexibility index (Phi) is 10.9. The lowest BCUT2D eigenvalue weighted by molar-refractivity contribution is -0.139. The van der Waals surface area contributed by atoms with Gasteiger partial charge in [0.15, 0.2) is 29.6 Å². The first-order valence-electron chi connectivity index (χ1n) is 13.9. The highest BCUT2D eigenvalue weighted by molar-refractivity contribution is 5.95. The summed E-state index contributed by atoms with van der Waals surface area (Å²) in [6.07, 6.45) is 1.43. The maximum Gasteiger partial charge on any atom is 0.338 e. The first kappa shape index (κ1) is 32.3. The van der Waals surface area contributed by atoms with Gasteiger partial charge in [-0.25, -0.2) is 19.4 Å². The number of carbonyl (C=O) groups is 3. The molecule has 13 heteroatoms. The van der Waals surface area contributed by atoms with E-state index in [1.807, 2.05) is 0 Å². The van der Waals surface area contributed by atoms with Gasteiger partial charge in [-0.3, -0.25) is 4.79 Å². The quantitative estimate of drug-likeness (QED) is 0.147. The summed E-state index contributed by atoms with van der Waals surface area (Å²) in [4.78, 5) is 37.2. The van der Waals surface area contributed by atoms with Crippen LogP contribution >= 0.6 is 0 Å². The van der Waals surface area contributed by atoms with Gasteiger partial charge in [0.05, 0.1) is 38.7 Å². The molecule has 0 radical (unpaired) electrons. The Hall–Kier alpha value is -5.59. The minimum atomic E-state index is -0.785. The van der Waals surface area contributed by atoms with E-state index < -0.39 is 23.9 Å². The average molecular weight is 621 g/mol. The summed E-state index contributed by atoms with van der Waals surface area (Å²) in [5.74, 6) is 0.0761. The van der Waals surface area contributed by atoms with Crippen LogP contribution < -0.4 is 35.0 Å². The number of benzene rings is 3. The molecule has 1 atom stereocenters. The molecule has 1 aliphatic rings. The molecule has 1 heterocycles. The van der Waals surface area contributed by atoms with Crippen LogP contribution in [0.1, 0.15) is 36.6 Å². The van der Waals surface area contributed by atoms with Crippen LogP contribution in [-0.2, 0) is 20.9 Å². The van der Waals surface area contributed by atoms with Gasteiger partial charge >= 0.3 is 12.0 Å². The fraction of sp³-hybridized carbons (Fsp3) is 0.250. The summed E-state index contributed by atoms with van der Waals surface area (Å²) in [5, 5.41) is 9.28. The Balaban J connectivity index is 1.35. The largest absolute Gasteiger partial charge is 0.493 e. The van der Waals surface area contributed by atoms with Gasteiger partial charge in [-0.15, -0.1) is 0 Å². The number of ether oxygens (including phenoxy) is 5. The molecule has 3 N–H and O–H groups in total. The molecule has 45 heavy (non-hydrogen) atoms. The van der Waals surface area contributed by atoms with Gasteiger partial charge in [0.1, 0.15) is 12.4 Å². The number of halogens is 1. The van der Waals surface area contributed by atoms with Crippen molar-refractivity contribution in [1.82, 2.24) is 16.1 Å². The van der Waals surface area contributed by atoms with Crippen LogP contribution in [0.3, 0.4) is 0 Å². The van der Waals surface area contributed by atoms with E-state index in [0.29, 0.717) is 28.3 Å². The van der Waals surface area contributed by atoms with Crippen molar-refractivity contribution < 1.29 is 42.5 Å². The number of allylic oxidation sites excluding steroid dienone is 1. The summed E-state index contributed by atoms with van der Waals surface area (Å²) >= 11 is 0. The standard InChI is InChI=1S/C32H33FN4O8/c1-5-43-31(39)29-19(2)35-32(40)36-30(29)22-9-13-25(27(15-22)42-4)45-18-28(38)37-34-16-21-8-12-24(26(14-21)41-3)44-17-20-6-10-23(33)11-7-20/h6-16,30H,5,17-18H2,1-4H3,(H,37,38)(H2,35,36,40)/b34-16-/t30-/m1/s1. The van der Waals surface area contributed by atoms with Gasteiger partial charge in [-0.05, 0) is 73.0 Å². The lowest BCUT2D eigenvalue weighted by Gasteiger charge is -2.28. The van der Waals surface area contributed by atoms with Crippen molar-refractivity contribution in [3.05, 3.63) is 94.4 Å². The Morgan fingerprint density at radius 1 is 0.956 bits per heavy atom. The zero-order valence-electron chi connectivity index (χ0n) is 25.1. The zero-order valence-corrected chi connectivity index (χ0v) is 25.1. The monoisotopic (exact) mass is 620 g/mol. The highest BCUT2D eigenvalue weighted by atomic mass is 19.1. The average Bonchev–Trinajstić information content (AvgIpc) is 3.03. The highest BCUT2D eigenvalue weighted by Crippen LogP contribution is 2.34. The van der Waals surface area contributed by atoms with Gasteiger partial charge < -0.3 is 34.3 Å². The SMILES string of the molecule is CCOC(=O)C1=C(C)NC(=O)N[C@@H]1c1ccc(OCC(=O)N/N=C\c2ccc(OCc3ccc(F)cc3)c(OC)c2)c(OC)c1. The van der Waals surface area contributed by atoms with E-state index in [1.54, 1.807) is 62.4 Å². The maximum absolute atomic E-state index is 13.1. The second-order valence-electron chi connectivity index (χ2n) is 9.61. The summed E-state index contributed by atoms with van der Waals surface area (Å²) in [7, 11) is 2.93. The molecule has 0 fully saturated rings. The van der Waals surface area contributed by atoms with Gasteiger partial charge in [0.2, 0.25) is 0 Å². The van der Waals surface area contributed by atoms with E-state index in [9.17, 15) is 18.8 Å². The first-order chi connectivity index (χ1) is 21.7. The minimum Gasteiger partial charge on any atom is -0.493 e. The fourth-order valence-corrected chi connectivity index (χ4v) is 4.39. The van der Waals surface area contributed by atoms with Gasteiger partial charge in [-0.1, -0.05) is 18.2 Å². The third-order valence-corrected chi connectivity index (χ3v) is 6.54. The summed E-state index contributed by atoms with van der Waals surface area (Å²) in [5.41, 5.74) is 5.02. The molecule has 0 unspecified atom stereocenters. The van der Waals surface area contributed by atoms with Crippen molar-refractivity contribution in [2.24, 2.45) is 5.10 Å². The van der Waals surface area contributed by atoms with Crippen molar-refractivity contribution in [3.8, 4) is 23.0 Å². The molecule has 0 aliphatic carbocycles. The number of rotatable bonds is 13. The molecule has 0 bridgehead atoms. The molecule has 3 aromatic carbocycles.